The van der Waals surface area contributed by atoms with Crippen LogP contribution in [0.2, 0.25) is 5.02 Å². The Morgan fingerprint density at radius 1 is 1.47 bits per heavy atom. The van der Waals surface area contributed by atoms with Crippen molar-refractivity contribution >= 4 is 38.8 Å². The fraction of sp³-hybridized carbons (Fsp3) is 0.417. The molecule has 2 rings (SSSR count). The summed E-state index contributed by atoms with van der Waals surface area (Å²) in [4.78, 5) is 0.592. The van der Waals surface area contributed by atoms with Gasteiger partial charge in [0.15, 0.2) is 0 Å². The molecule has 1 fully saturated rings. The van der Waals surface area contributed by atoms with Gasteiger partial charge in [-0.2, -0.15) is 4.31 Å². The van der Waals surface area contributed by atoms with Gasteiger partial charge in [-0.3, -0.25) is 0 Å². The molecule has 104 valence electrons. The molecule has 1 saturated heterocycles. The van der Waals surface area contributed by atoms with E-state index < -0.39 is 10.0 Å². The lowest BCUT2D eigenvalue weighted by molar-refractivity contribution is 0.312. The lowest BCUT2D eigenvalue weighted by Crippen LogP contribution is -2.43. The number of hydrogen-bond acceptors (Lipinski definition) is 3. The minimum Gasteiger partial charge on any atom is -0.393 e. The van der Waals surface area contributed by atoms with Gasteiger partial charge in [-0.05, 0) is 31.0 Å². The number of halogens is 1. The summed E-state index contributed by atoms with van der Waals surface area (Å²) < 4.78 is 26.4. The lowest BCUT2D eigenvalue weighted by atomic mass is 10.0. The van der Waals surface area contributed by atoms with Gasteiger partial charge in [-0.25, -0.2) is 8.42 Å². The van der Waals surface area contributed by atoms with Gasteiger partial charge in [-0.15, -0.1) is 0 Å². The molecule has 0 radical (unpaired) electrons. The van der Waals surface area contributed by atoms with Crippen molar-refractivity contribution < 1.29 is 8.42 Å². The Hall–Kier alpha value is -0.690. The predicted octanol–water partition coefficient (Wildman–Crippen LogP) is 2.03. The van der Waals surface area contributed by atoms with Crippen LogP contribution < -0.4 is 5.73 Å². The maximum absolute atomic E-state index is 12.5. The number of benzene rings is 1. The summed E-state index contributed by atoms with van der Waals surface area (Å²) >= 11 is 10.8. The summed E-state index contributed by atoms with van der Waals surface area (Å²) in [6, 6.07) is 6.28. The van der Waals surface area contributed by atoms with E-state index in [1.54, 1.807) is 18.2 Å². The molecule has 1 aromatic carbocycles. The van der Waals surface area contributed by atoms with Gasteiger partial charge in [0.1, 0.15) is 0 Å². The fourth-order valence-corrected chi connectivity index (χ4v) is 4.19. The number of hydrogen-bond donors (Lipinski definition) is 1. The van der Waals surface area contributed by atoms with Gasteiger partial charge < -0.3 is 5.73 Å². The van der Waals surface area contributed by atoms with E-state index in [0.717, 1.165) is 12.8 Å². The molecule has 1 unspecified atom stereocenters. The van der Waals surface area contributed by atoms with Crippen molar-refractivity contribution in [2.45, 2.75) is 17.7 Å². The lowest BCUT2D eigenvalue weighted by Gasteiger charge is -2.31. The van der Waals surface area contributed by atoms with Gasteiger partial charge >= 0.3 is 0 Å². The zero-order chi connectivity index (χ0) is 14.0. The first-order chi connectivity index (χ1) is 8.91. The molecule has 1 aliphatic heterocycles. The van der Waals surface area contributed by atoms with Crippen LogP contribution in [0.3, 0.4) is 0 Å². The molecule has 0 bridgehead atoms. The van der Waals surface area contributed by atoms with Crippen LogP contribution in [0.5, 0.6) is 0 Å². The smallest absolute Gasteiger partial charge is 0.243 e. The van der Waals surface area contributed by atoms with Gasteiger partial charge in [0.05, 0.1) is 9.88 Å². The average Bonchev–Trinajstić information content (AvgIpc) is 2.39. The van der Waals surface area contributed by atoms with Crippen LogP contribution in [-0.4, -0.2) is 30.8 Å². The third kappa shape index (κ3) is 3.25. The largest absolute Gasteiger partial charge is 0.393 e. The van der Waals surface area contributed by atoms with Crippen molar-refractivity contribution in [3.05, 3.63) is 29.3 Å². The van der Waals surface area contributed by atoms with E-state index in [9.17, 15) is 8.42 Å². The zero-order valence-electron chi connectivity index (χ0n) is 10.3. The summed E-state index contributed by atoms with van der Waals surface area (Å²) in [5.41, 5.74) is 5.62. The summed E-state index contributed by atoms with van der Waals surface area (Å²) in [6.07, 6.45) is 1.61. The highest BCUT2D eigenvalue weighted by Gasteiger charge is 2.31. The maximum atomic E-state index is 12.5. The highest BCUT2D eigenvalue weighted by molar-refractivity contribution is 7.89. The average molecular weight is 319 g/mol. The van der Waals surface area contributed by atoms with E-state index in [4.69, 9.17) is 29.6 Å². The molecule has 1 aromatic rings. The number of sulfonamides is 1. The summed E-state index contributed by atoms with van der Waals surface area (Å²) in [7, 11) is -3.52. The minimum atomic E-state index is -3.52. The van der Waals surface area contributed by atoms with Crippen molar-refractivity contribution in [2.75, 3.05) is 13.1 Å². The first kappa shape index (κ1) is 14.7. The first-order valence-electron chi connectivity index (χ1n) is 5.96. The van der Waals surface area contributed by atoms with Crippen molar-refractivity contribution in [1.82, 2.24) is 4.31 Å². The number of nitrogens with two attached hydrogens (primary N) is 1. The molecule has 1 aliphatic rings. The normalized spacial score (nSPS) is 21.2. The molecule has 4 nitrogen and oxygen atoms in total. The zero-order valence-corrected chi connectivity index (χ0v) is 12.6. The monoisotopic (exact) mass is 318 g/mol. The third-order valence-electron chi connectivity index (χ3n) is 3.22. The molecule has 19 heavy (non-hydrogen) atoms. The van der Waals surface area contributed by atoms with Crippen molar-refractivity contribution in [3.8, 4) is 0 Å². The summed E-state index contributed by atoms with van der Waals surface area (Å²) in [5, 5.41) is 0.406. The minimum absolute atomic E-state index is 0.0438. The number of thiocarbonyl (C=S) groups is 1. The van der Waals surface area contributed by atoms with E-state index in [1.807, 2.05) is 0 Å². The molecule has 0 aliphatic carbocycles. The topological polar surface area (TPSA) is 63.4 Å². The van der Waals surface area contributed by atoms with Crippen LogP contribution in [0, 0.1) is 5.92 Å². The van der Waals surface area contributed by atoms with Crippen LogP contribution in [-0.2, 0) is 10.0 Å². The fourth-order valence-electron chi connectivity index (χ4n) is 2.17. The Morgan fingerprint density at radius 3 is 2.84 bits per heavy atom. The molecule has 7 heteroatoms. The molecular weight excluding hydrogens is 304 g/mol. The summed E-state index contributed by atoms with van der Waals surface area (Å²) in [6.45, 7) is 0.845. The van der Waals surface area contributed by atoms with Crippen LogP contribution >= 0.6 is 23.8 Å². The molecular formula is C12H15ClN2O2S2. The van der Waals surface area contributed by atoms with E-state index in [2.05, 4.69) is 0 Å². The molecule has 0 saturated carbocycles. The van der Waals surface area contributed by atoms with E-state index in [0.29, 0.717) is 23.1 Å². The molecule has 0 spiro atoms. The second-order valence-corrected chi connectivity index (χ2v) is 7.41. The Bertz CT molecular complexity index is 589. The van der Waals surface area contributed by atoms with Gasteiger partial charge in [-0.1, -0.05) is 29.9 Å². The molecule has 0 amide bonds. The molecule has 2 N–H and O–H groups in total. The second-order valence-electron chi connectivity index (χ2n) is 4.56. The van der Waals surface area contributed by atoms with Crippen LogP contribution in [0.4, 0.5) is 0 Å². The number of rotatable bonds is 3. The van der Waals surface area contributed by atoms with E-state index >= 15 is 0 Å². The molecule has 1 heterocycles. The Morgan fingerprint density at radius 2 is 2.21 bits per heavy atom. The van der Waals surface area contributed by atoms with Gasteiger partial charge in [0, 0.05) is 24.0 Å². The van der Waals surface area contributed by atoms with E-state index in [-0.39, 0.29) is 10.8 Å². The van der Waals surface area contributed by atoms with Crippen LogP contribution in [0.25, 0.3) is 0 Å². The summed E-state index contributed by atoms with van der Waals surface area (Å²) in [5.74, 6) is -0.0438. The third-order valence-corrected chi connectivity index (χ3v) is 5.65. The van der Waals surface area contributed by atoms with Crippen molar-refractivity contribution in [3.63, 3.8) is 0 Å². The van der Waals surface area contributed by atoms with Crippen LogP contribution in [0.15, 0.2) is 29.2 Å². The van der Waals surface area contributed by atoms with Crippen molar-refractivity contribution in [2.24, 2.45) is 11.7 Å². The highest BCUT2D eigenvalue weighted by Crippen LogP contribution is 2.25. The van der Waals surface area contributed by atoms with E-state index in [1.165, 1.54) is 10.4 Å². The highest BCUT2D eigenvalue weighted by atomic mass is 35.5. The number of nitrogens with zero attached hydrogens (tertiary/aromatic N) is 1. The second kappa shape index (κ2) is 5.75. The Kier molecular flexibility index (Phi) is 4.45. The maximum Gasteiger partial charge on any atom is 0.243 e. The van der Waals surface area contributed by atoms with Gasteiger partial charge in [0.2, 0.25) is 10.0 Å². The van der Waals surface area contributed by atoms with Crippen LogP contribution in [0.1, 0.15) is 12.8 Å². The first-order valence-corrected chi connectivity index (χ1v) is 8.19. The Labute approximate surface area is 123 Å². The SMILES string of the molecule is NC(=S)C1CCCN(S(=O)(=O)c2cccc(Cl)c2)C1. The van der Waals surface area contributed by atoms with Gasteiger partial charge in [0.25, 0.3) is 0 Å². The molecule has 0 aromatic heterocycles. The molecule has 1 atom stereocenters. The van der Waals surface area contributed by atoms with Crippen molar-refractivity contribution in [1.29, 1.82) is 0 Å². The quantitative estimate of drug-likeness (QED) is 0.866. The number of piperidine rings is 1. The Balaban J connectivity index is 2.27. The predicted molar refractivity (Wildman–Crippen MR) is 79.7 cm³/mol. The standard InChI is InChI=1S/C12H15ClN2O2S2/c13-10-4-1-5-11(7-10)19(16,17)15-6-2-3-9(8-15)12(14)18/h1,4-5,7,9H,2-3,6,8H2,(H2,14,18).